The van der Waals surface area contributed by atoms with Crippen molar-refractivity contribution in [2.75, 3.05) is 18.5 Å². The molecule has 4 aromatic rings. The fourth-order valence-corrected chi connectivity index (χ4v) is 4.98. The average Bonchev–Trinajstić information content (AvgIpc) is 3.36. The molecule has 1 amide bonds. The summed E-state index contributed by atoms with van der Waals surface area (Å²) in [6.45, 7) is 6.98. The van der Waals surface area contributed by atoms with Gasteiger partial charge in [0, 0.05) is 22.2 Å². The van der Waals surface area contributed by atoms with Crippen LogP contribution in [-0.4, -0.2) is 30.3 Å². The summed E-state index contributed by atoms with van der Waals surface area (Å²) in [5.41, 5.74) is 7.87. The second-order valence-electron chi connectivity index (χ2n) is 8.00. The number of hydrazone groups is 1. The minimum absolute atomic E-state index is 0.298. The summed E-state index contributed by atoms with van der Waals surface area (Å²) in [4.78, 5) is 17.3. The van der Waals surface area contributed by atoms with E-state index in [-0.39, 0.29) is 5.91 Å². The molecule has 0 radical (unpaired) electrons. The predicted molar refractivity (Wildman–Crippen MR) is 159 cm³/mol. The Hall–Kier alpha value is -3.44. The van der Waals surface area contributed by atoms with E-state index < -0.39 is 0 Å². The smallest absolute Gasteiger partial charge is 0.271 e. The van der Waals surface area contributed by atoms with Crippen LogP contribution in [0, 0.1) is 10.5 Å². The lowest BCUT2D eigenvalue weighted by atomic mass is 10.1. The van der Waals surface area contributed by atoms with Crippen molar-refractivity contribution in [1.82, 2.24) is 10.4 Å². The second-order valence-corrected chi connectivity index (χ2v) is 10.0. The van der Waals surface area contributed by atoms with Crippen LogP contribution in [0.4, 0.5) is 10.8 Å². The third-order valence-electron chi connectivity index (χ3n) is 5.25. The fourth-order valence-electron chi connectivity index (χ4n) is 3.46. The number of ether oxygens (including phenoxy) is 2. The van der Waals surface area contributed by atoms with Crippen LogP contribution < -0.4 is 20.2 Å². The summed E-state index contributed by atoms with van der Waals surface area (Å²) in [6, 6.07) is 19.2. The van der Waals surface area contributed by atoms with Crippen LogP contribution in [0.3, 0.4) is 0 Å². The highest BCUT2D eigenvalue weighted by Crippen LogP contribution is 2.34. The highest BCUT2D eigenvalue weighted by molar-refractivity contribution is 14.1. The number of nitrogens with one attached hydrogen (secondary N) is 2. The second kappa shape index (κ2) is 12.7. The number of aryl methyl sites for hydroxylation is 1. The molecular formula is C28H27IN4O3S. The minimum Gasteiger partial charge on any atom is -0.490 e. The molecule has 1 aromatic heterocycles. The molecule has 1 heterocycles. The van der Waals surface area contributed by atoms with E-state index in [1.54, 1.807) is 18.3 Å². The number of halogens is 1. The molecule has 0 fully saturated rings. The molecule has 0 unspecified atom stereocenters. The zero-order chi connectivity index (χ0) is 26.2. The van der Waals surface area contributed by atoms with Crippen molar-refractivity contribution in [3.05, 3.63) is 86.3 Å². The van der Waals surface area contributed by atoms with Crippen molar-refractivity contribution in [2.24, 2.45) is 5.10 Å². The first kappa shape index (κ1) is 26.6. The van der Waals surface area contributed by atoms with E-state index in [2.05, 4.69) is 62.5 Å². The van der Waals surface area contributed by atoms with Crippen LogP contribution in [0.25, 0.3) is 11.3 Å². The Balaban J connectivity index is 1.38. The van der Waals surface area contributed by atoms with E-state index >= 15 is 0 Å². The van der Waals surface area contributed by atoms with E-state index in [1.165, 1.54) is 16.9 Å². The molecule has 0 aliphatic carbocycles. The molecule has 0 aliphatic heterocycles. The van der Waals surface area contributed by atoms with Crippen molar-refractivity contribution in [1.29, 1.82) is 0 Å². The van der Waals surface area contributed by atoms with Gasteiger partial charge in [0.25, 0.3) is 5.91 Å². The van der Waals surface area contributed by atoms with Gasteiger partial charge >= 0.3 is 0 Å². The number of hydrogen-bond donors (Lipinski definition) is 2. The molecule has 37 heavy (non-hydrogen) atoms. The molecule has 7 nitrogen and oxygen atoms in total. The lowest BCUT2D eigenvalue weighted by Crippen LogP contribution is -2.17. The zero-order valence-corrected chi connectivity index (χ0v) is 23.7. The molecule has 0 atom stereocenters. The molecule has 4 rings (SSSR count). The van der Waals surface area contributed by atoms with Crippen molar-refractivity contribution >= 4 is 56.9 Å². The van der Waals surface area contributed by atoms with Crippen LogP contribution >= 0.6 is 33.9 Å². The van der Waals surface area contributed by atoms with Gasteiger partial charge in [-0.1, -0.05) is 29.8 Å². The van der Waals surface area contributed by atoms with Crippen molar-refractivity contribution < 1.29 is 14.3 Å². The summed E-state index contributed by atoms with van der Waals surface area (Å²) in [6.07, 6.45) is 1.59. The number of thiazole rings is 1. The molecule has 2 N–H and O–H groups in total. The van der Waals surface area contributed by atoms with Crippen LogP contribution in [0.1, 0.15) is 35.3 Å². The summed E-state index contributed by atoms with van der Waals surface area (Å²) >= 11 is 3.74. The molecule has 0 saturated heterocycles. The molecule has 0 bridgehead atoms. The summed E-state index contributed by atoms with van der Waals surface area (Å²) < 4.78 is 12.3. The number of amides is 1. The summed E-state index contributed by atoms with van der Waals surface area (Å²) in [7, 11) is 0. The minimum atomic E-state index is -0.298. The van der Waals surface area contributed by atoms with Crippen molar-refractivity contribution in [2.45, 2.75) is 20.8 Å². The quantitative estimate of drug-likeness (QED) is 0.112. The standard InChI is InChI=1S/C28H27IN4O3S/c1-4-35-25-15-19(14-23(29)26(25)36-5-2)16-30-33-27(34)21-10-8-20(9-11-21)24-17-37-28(32-24)31-22-12-6-18(3)7-13-22/h6-17H,4-5H2,1-3H3,(H,31,32)(H,33,34)/b30-16-. The maximum absolute atomic E-state index is 12.6. The maximum atomic E-state index is 12.6. The Labute approximate surface area is 234 Å². The first-order valence-corrected chi connectivity index (χ1v) is 13.7. The topological polar surface area (TPSA) is 84.8 Å². The van der Waals surface area contributed by atoms with E-state index in [9.17, 15) is 4.79 Å². The number of hydrogen-bond acceptors (Lipinski definition) is 7. The number of aromatic nitrogens is 1. The SMILES string of the molecule is CCOc1cc(/C=N\NC(=O)c2ccc(-c3csc(Nc4ccc(C)cc4)n3)cc2)cc(I)c1OCC. The predicted octanol–water partition coefficient (Wildman–Crippen LogP) is 7.03. The van der Waals surface area contributed by atoms with Gasteiger partial charge in [-0.05, 0) is 85.3 Å². The summed E-state index contributed by atoms with van der Waals surface area (Å²) in [5, 5.41) is 10.2. The average molecular weight is 627 g/mol. The van der Waals surface area contributed by atoms with Crippen LogP contribution in [0.5, 0.6) is 11.5 Å². The van der Waals surface area contributed by atoms with E-state index in [1.807, 2.05) is 55.6 Å². The Morgan fingerprint density at radius 2 is 1.78 bits per heavy atom. The molecule has 0 aliphatic rings. The van der Waals surface area contributed by atoms with Gasteiger partial charge in [-0.2, -0.15) is 5.10 Å². The number of rotatable bonds is 10. The fraction of sp³-hybridized carbons (Fsp3) is 0.179. The first-order chi connectivity index (χ1) is 18.0. The molecule has 0 saturated carbocycles. The molecule has 3 aromatic carbocycles. The van der Waals surface area contributed by atoms with E-state index in [4.69, 9.17) is 9.47 Å². The van der Waals surface area contributed by atoms with Gasteiger partial charge in [0.1, 0.15) is 0 Å². The Morgan fingerprint density at radius 3 is 2.49 bits per heavy atom. The van der Waals surface area contributed by atoms with Gasteiger partial charge in [-0.15, -0.1) is 11.3 Å². The van der Waals surface area contributed by atoms with Gasteiger partial charge in [0.05, 0.1) is 28.7 Å². The number of anilines is 2. The molecule has 190 valence electrons. The van der Waals surface area contributed by atoms with E-state index in [0.29, 0.717) is 30.3 Å². The normalized spacial score (nSPS) is 10.9. The largest absolute Gasteiger partial charge is 0.490 e. The van der Waals surface area contributed by atoms with Gasteiger partial charge in [-0.25, -0.2) is 10.4 Å². The third kappa shape index (κ3) is 7.07. The Morgan fingerprint density at radius 1 is 1.05 bits per heavy atom. The van der Waals surface area contributed by atoms with Crippen LogP contribution in [0.15, 0.2) is 71.1 Å². The number of carbonyl (C=O) groups excluding carboxylic acids is 1. The van der Waals surface area contributed by atoms with Gasteiger partial charge in [0.2, 0.25) is 0 Å². The lowest BCUT2D eigenvalue weighted by Gasteiger charge is -2.13. The Bertz CT molecular complexity index is 1390. The van der Waals surface area contributed by atoms with E-state index in [0.717, 1.165) is 31.2 Å². The molecule has 0 spiro atoms. The highest BCUT2D eigenvalue weighted by atomic mass is 127. The number of nitrogens with zero attached hydrogens (tertiary/aromatic N) is 2. The van der Waals surface area contributed by atoms with Crippen molar-refractivity contribution in [3.8, 4) is 22.8 Å². The molecule has 9 heteroatoms. The third-order valence-corrected chi connectivity index (χ3v) is 6.81. The number of carbonyl (C=O) groups is 1. The van der Waals surface area contributed by atoms with Crippen LogP contribution in [0.2, 0.25) is 0 Å². The van der Waals surface area contributed by atoms with Crippen molar-refractivity contribution in [3.63, 3.8) is 0 Å². The lowest BCUT2D eigenvalue weighted by molar-refractivity contribution is 0.0955. The molecular weight excluding hydrogens is 599 g/mol. The first-order valence-electron chi connectivity index (χ1n) is 11.8. The van der Waals surface area contributed by atoms with Gasteiger partial charge < -0.3 is 14.8 Å². The Kier molecular flexibility index (Phi) is 9.13. The highest BCUT2D eigenvalue weighted by Gasteiger charge is 2.12. The van der Waals surface area contributed by atoms with Gasteiger partial charge in [-0.3, -0.25) is 4.79 Å². The maximum Gasteiger partial charge on any atom is 0.271 e. The zero-order valence-electron chi connectivity index (χ0n) is 20.7. The van der Waals surface area contributed by atoms with Crippen LogP contribution in [-0.2, 0) is 0 Å². The van der Waals surface area contributed by atoms with Gasteiger partial charge in [0.15, 0.2) is 16.6 Å². The summed E-state index contributed by atoms with van der Waals surface area (Å²) in [5.74, 6) is 1.07. The monoisotopic (exact) mass is 626 g/mol. The number of benzene rings is 3.